The van der Waals surface area contributed by atoms with E-state index in [4.69, 9.17) is 0 Å². The molecule has 1 aliphatic rings. The van der Waals surface area contributed by atoms with Crippen LogP contribution in [0.5, 0.6) is 0 Å². The van der Waals surface area contributed by atoms with Gasteiger partial charge in [-0.25, -0.2) is 0 Å². The van der Waals surface area contributed by atoms with Gasteiger partial charge in [0.15, 0.2) is 5.96 Å². The standard InChI is InChI=1S/C20H32N4O2.HI/c1-4-21-20(23-14-17-9-6-10-18(17)25)22-12-11-15-7-5-8-16(13-15)19(26)24(2)3;/h5,7-8,13,17-18,25H,4,6,9-12,14H2,1-3H3,(H2,21,22,23);1H. The molecule has 0 saturated heterocycles. The molecule has 1 amide bonds. The van der Waals surface area contributed by atoms with Crippen molar-refractivity contribution in [3.63, 3.8) is 0 Å². The van der Waals surface area contributed by atoms with Crippen LogP contribution in [-0.2, 0) is 6.42 Å². The molecule has 7 heteroatoms. The van der Waals surface area contributed by atoms with Crippen molar-refractivity contribution in [3.05, 3.63) is 35.4 Å². The molecule has 0 bridgehead atoms. The first-order chi connectivity index (χ1) is 12.5. The van der Waals surface area contributed by atoms with E-state index in [-0.39, 0.29) is 41.9 Å². The number of aliphatic hydroxyl groups is 1. The molecule has 1 aliphatic carbocycles. The quantitative estimate of drug-likeness (QED) is 0.313. The lowest BCUT2D eigenvalue weighted by molar-refractivity contribution is 0.0827. The van der Waals surface area contributed by atoms with E-state index in [1.165, 1.54) is 0 Å². The lowest BCUT2D eigenvalue weighted by Crippen LogP contribution is -2.39. The van der Waals surface area contributed by atoms with Crippen LogP contribution in [0.2, 0.25) is 0 Å². The van der Waals surface area contributed by atoms with Crippen LogP contribution in [0.25, 0.3) is 0 Å². The highest BCUT2D eigenvalue weighted by atomic mass is 127. The number of amides is 1. The number of carbonyl (C=O) groups is 1. The highest BCUT2D eigenvalue weighted by Gasteiger charge is 2.24. The van der Waals surface area contributed by atoms with Crippen molar-refractivity contribution < 1.29 is 9.90 Å². The number of benzene rings is 1. The Hall–Kier alpha value is -1.35. The van der Waals surface area contributed by atoms with Crippen LogP contribution in [0.1, 0.15) is 42.1 Å². The molecule has 0 aromatic heterocycles. The Kier molecular flexibility index (Phi) is 10.7. The minimum absolute atomic E-state index is 0. The van der Waals surface area contributed by atoms with Gasteiger partial charge < -0.3 is 20.6 Å². The second-order valence-corrected chi connectivity index (χ2v) is 7.05. The zero-order chi connectivity index (χ0) is 18.9. The maximum atomic E-state index is 12.1. The number of halogens is 1. The topological polar surface area (TPSA) is 77.0 Å². The minimum atomic E-state index is -0.210. The zero-order valence-corrected chi connectivity index (χ0v) is 18.9. The van der Waals surface area contributed by atoms with E-state index in [2.05, 4.69) is 15.6 Å². The van der Waals surface area contributed by atoms with Gasteiger partial charge in [0.05, 0.1) is 6.10 Å². The number of hydrogen-bond donors (Lipinski definition) is 3. The third-order valence-electron chi connectivity index (χ3n) is 4.73. The molecule has 1 aromatic carbocycles. The Balaban J connectivity index is 0.00000364. The summed E-state index contributed by atoms with van der Waals surface area (Å²) in [7, 11) is 3.52. The average molecular weight is 488 g/mol. The molecule has 152 valence electrons. The van der Waals surface area contributed by atoms with E-state index in [0.717, 1.165) is 50.3 Å². The van der Waals surface area contributed by atoms with E-state index in [1.807, 2.05) is 31.2 Å². The summed E-state index contributed by atoms with van der Waals surface area (Å²) in [6.45, 7) is 4.23. The van der Waals surface area contributed by atoms with Gasteiger partial charge in [0.1, 0.15) is 0 Å². The number of aliphatic hydroxyl groups excluding tert-OH is 1. The molecule has 3 N–H and O–H groups in total. The van der Waals surface area contributed by atoms with Gasteiger partial charge in [-0.3, -0.25) is 9.79 Å². The third-order valence-corrected chi connectivity index (χ3v) is 4.73. The fourth-order valence-electron chi connectivity index (χ4n) is 3.22. The summed E-state index contributed by atoms with van der Waals surface area (Å²) in [4.78, 5) is 18.3. The number of rotatable bonds is 7. The molecule has 0 radical (unpaired) electrons. The molecule has 0 heterocycles. The molecule has 2 unspecified atom stereocenters. The third kappa shape index (κ3) is 7.65. The SMILES string of the molecule is CCNC(=NCC1CCCC1O)NCCc1cccc(C(=O)N(C)C)c1.I. The number of hydrogen-bond acceptors (Lipinski definition) is 3. The highest BCUT2D eigenvalue weighted by Crippen LogP contribution is 2.25. The van der Waals surface area contributed by atoms with Gasteiger partial charge in [-0.2, -0.15) is 0 Å². The smallest absolute Gasteiger partial charge is 0.253 e. The van der Waals surface area contributed by atoms with Crippen LogP contribution in [0, 0.1) is 5.92 Å². The van der Waals surface area contributed by atoms with Crippen molar-refractivity contribution in [1.82, 2.24) is 15.5 Å². The van der Waals surface area contributed by atoms with E-state index in [9.17, 15) is 9.90 Å². The Morgan fingerprint density at radius 3 is 2.70 bits per heavy atom. The van der Waals surface area contributed by atoms with Crippen LogP contribution >= 0.6 is 24.0 Å². The molecule has 1 fully saturated rings. The Labute approximate surface area is 179 Å². The molecule has 6 nitrogen and oxygen atoms in total. The molecule has 2 atom stereocenters. The molecule has 0 aliphatic heterocycles. The minimum Gasteiger partial charge on any atom is -0.393 e. The van der Waals surface area contributed by atoms with Gasteiger partial charge in [-0.05, 0) is 43.9 Å². The number of nitrogens with zero attached hydrogens (tertiary/aromatic N) is 2. The van der Waals surface area contributed by atoms with Crippen molar-refractivity contribution in [2.75, 3.05) is 33.7 Å². The van der Waals surface area contributed by atoms with E-state index in [0.29, 0.717) is 12.1 Å². The van der Waals surface area contributed by atoms with Gasteiger partial charge in [0, 0.05) is 45.2 Å². The van der Waals surface area contributed by atoms with Crippen LogP contribution in [-0.4, -0.2) is 61.7 Å². The van der Waals surface area contributed by atoms with Crippen molar-refractivity contribution in [2.45, 2.75) is 38.7 Å². The highest BCUT2D eigenvalue weighted by molar-refractivity contribution is 14.0. The molecular weight excluding hydrogens is 455 g/mol. The normalized spacial score (nSPS) is 19.3. The average Bonchev–Trinajstić information content (AvgIpc) is 3.04. The first-order valence-electron chi connectivity index (χ1n) is 9.52. The van der Waals surface area contributed by atoms with Gasteiger partial charge in [0.2, 0.25) is 0 Å². The second-order valence-electron chi connectivity index (χ2n) is 7.05. The summed E-state index contributed by atoms with van der Waals surface area (Å²) >= 11 is 0. The molecular formula is C20H33IN4O2. The van der Waals surface area contributed by atoms with Gasteiger partial charge in [-0.15, -0.1) is 24.0 Å². The van der Waals surface area contributed by atoms with Gasteiger partial charge >= 0.3 is 0 Å². The monoisotopic (exact) mass is 488 g/mol. The number of nitrogens with one attached hydrogen (secondary N) is 2. The largest absolute Gasteiger partial charge is 0.393 e. The fraction of sp³-hybridized carbons (Fsp3) is 0.600. The predicted molar refractivity (Wildman–Crippen MR) is 121 cm³/mol. The Bertz CT molecular complexity index is 622. The number of guanidine groups is 1. The summed E-state index contributed by atoms with van der Waals surface area (Å²) in [5, 5.41) is 16.5. The van der Waals surface area contributed by atoms with Gasteiger partial charge in [0.25, 0.3) is 5.91 Å². The summed E-state index contributed by atoms with van der Waals surface area (Å²) in [5.74, 6) is 1.08. The van der Waals surface area contributed by atoms with Crippen molar-refractivity contribution in [3.8, 4) is 0 Å². The summed E-state index contributed by atoms with van der Waals surface area (Å²) in [6, 6.07) is 7.75. The summed E-state index contributed by atoms with van der Waals surface area (Å²) in [5.41, 5.74) is 1.83. The molecule has 1 saturated carbocycles. The van der Waals surface area contributed by atoms with Crippen molar-refractivity contribution >= 4 is 35.8 Å². The fourth-order valence-corrected chi connectivity index (χ4v) is 3.22. The summed E-state index contributed by atoms with van der Waals surface area (Å²) in [6.07, 6.45) is 3.64. The van der Waals surface area contributed by atoms with Crippen molar-refractivity contribution in [2.24, 2.45) is 10.9 Å². The lowest BCUT2D eigenvalue weighted by atomic mass is 10.1. The van der Waals surface area contributed by atoms with Crippen LogP contribution < -0.4 is 10.6 Å². The van der Waals surface area contributed by atoms with Crippen LogP contribution in [0.4, 0.5) is 0 Å². The van der Waals surface area contributed by atoms with Crippen LogP contribution in [0.15, 0.2) is 29.3 Å². The molecule has 2 rings (SSSR count). The molecule has 1 aromatic rings. The van der Waals surface area contributed by atoms with E-state index in [1.54, 1.807) is 19.0 Å². The van der Waals surface area contributed by atoms with Crippen LogP contribution in [0.3, 0.4) is 0 Å². The van der Waals surface area contributed by atoms with Gasteiger partial charge in [-0.1, -0.05) is 18.6 Å². The predicted octanol–water partition coefficient (Wildman–Crippen LogP) is 2.27. The Morgan fingerprint density at radius 1 is 1.30 bits per heavy atom. The molecule has 0 spiro atoms. The number of aliphatic imine (C=N–C) groups is 1. The first-order valence-corrected chi connectivity index (χ1v) is 9.52. The summed E-state index contributed by atoms with van der Waals surface area (Å²) < 4.78 is 0. The van der Waals surface area contributed by atoms with E-state index >= 15 is 0 Å². The first kappa shape index (κ1) is 23.7. The molecule has 27 heavy (non-hydrogen) atoms. The second kappa shape index (κ2) is 12.2. The van der Waals surface area contributed by atoms with E-state index < -0.39 is 0 Å². The lowest BCUT2D eigenvalue weighted by Gasteiger charge is -2.15. The zero-order valence-electron chi connectivity index (χ0n) is 16.6. The van der Waals surface area contributed by atoms with Crippen molar-refractivity contribution in [1.29, 1.82) is 0 Å². The Morgan fingerprint density at radius 2 is 2.07 bits per heavy atom. The maximum Gasteiger partial charge on any atom is 0.253 e. The maximum absolute atomic E-state index is 12.1. The number of carbonyl (C=O) groups excluding carboxylic acids is 1.